The first-order valence-corrected chi connectivity index (χ1v) is 7.86. The second-order valence-corrected chi connectivity index (χ2v) is 6.68. The van der Waals surface area contributed by atoms with Crippen LogP contribution in [0, 0.1) is 5.92 Å². The highest BCUT2D eigenvalue weighted by Crippen LogP contribution is 2.36. The summed E-state index contributed by atoms with van der Waals surface area (Å²) in [5.74, 6) is 1.26. The van der Waals surface area contributed by atoms with E-state index < -0.39 is 0 Å². The second-order valence-electron chi connectivity index (χ2n) is 4.06. The summed E-state index contributed by atoms with van der Waals surface area (Å²) in [6.07, 6.45) is 1.06. The number of hydrogen-bond donors (Lipinski definition) is 1. The van der Waals surface area contributed by atoms with E-state index in [0.29, 0.717) is 12.5 Å². The Hall–Kier alpha value is 0.420. The molecule has 17 heavy (non-hydrogen) atoms. The van der Waals surface area contributed by atoms with Gasteiger partial charge in [-0.2, -0.15) is 0 Å². The molecule has 96 valence electrons. The van der Waals surface area contributed by atoms with Gasteiger partial charge in [-0.05, 0) is 49.9 Å². The van der Waals surface area contributed by atoms with Gasteiger partial charge in [0.25, 0.3) is 0 Å². The predicted octanol–water partition coefficient (Wildman–Crippen LogP) is 4.73. The van der Waals surface area contributed by atoms with Crippen LogP contribution in [0.4, 0.5) is 0 Å². The van der Waals surface area contributed by atoms with Crippen molar-refractivity contribution in [2.24, 2.45) is 11.7 Å². The smallest absolute Gasteiger partial charge is 0.147 e. The van der Waals surface area contributed by atoms with Crippen molar-refractivity contribution in [3.05, 3.63) is 25.6 Å². The summed E-state index contributed by atoms with van der Waals surface area (Å²) in [4.78, 5) is 0. The van der Waals surface area contributed by atoms with E-state index in [9.17, 15) is 0 Å². The molecule has 0 saturated carbocycles. The van der Waals surface area contributed by atoms with E-state index in [2.05, 4.69) is 61.6 Å². The van der Waals surface area contributed by atoms with Gasteiger partial charge in [0.15, 0.2) is 0 Å². The number of rotatable bonds is 5. The summed E-state index contributed by atoms with van der Waals surface area (Å²) >= 11 is 10.4. The van der Waals surface area contributed by atoms with Crippen LogP contribution in [-0.4, -0.2) is 12.6 Å². The summed E-state index contributed by atoms with van der Waals surface area (Å²) in [6, 6.07) is 3.96. The molecule has 0 heterocycles. The molecule has 0 spiro atoms. The Morgan fingerprint density at radius 1 is 1.24 bits per heavy atom. The van der Waals surface area contributed by atoms with Crippen LogP contribution >= 0.6 is 47.8 Å². The highest BCUT2D eigenvalue weighted by molar-refractivity contribution is 9.11. The standard InChI is InChI=1S/C12H16Br3NO/c1-3-7(2)11(16)6-17-12-9(14)4-8(13)5-10(12)15/h4-5,7,11H,3,6,16H2,1-2H3. The molecule has 0 aliphatic carbocycles. The van der Waals surface area contributed by atoms with E-state index in [1.807, 2.05) is 12.1 Å². The third-order valence-corrected chi connectivity index (χ3v) is 4.39. The molecule has 0 amide bonds. The summed E-state index contributed by atoms with van der Waals surface area (Å²) in [6.45, 7) is 4.80. The average molecular weight is 430 g/mol. The van der Waals surface area contributed by atoms with Crippen molar-refractivity contribution in [1.82, 2.24) is 0 Å². The Labute approximate surface area is 128 Å². The molecule has 2 N–H and O–H groups in total. The van der Waals surface area contributed by atoms with E-state index in [1.165, 1.54) is 0 Å². The minimum atomic E-state index is 0.0578. The summed E-state index contributed by atoms with van der Waals surface area (Å²) in [5, 5.41) is 0. The lowest BCUT2D eigenvalue weighted by Crippen LogP contribution is -2.34. The number of benzene rings is 1. The number of ether oxygens (including phenoxy) is 1. The fourth-order valence-corrected chi connectivity index (χ4v) is 3.80. The van der Waals surface area contributed by atoms with E-state index in [-0.39, 0.29) is 6.04 Å². The Morgan fingerprint density at radius 3 is 2.24 bits per heavy atom. The maximum absolute atomic E-state index is 6.04. The Morgan fingerprint density at radius 2 is 1.76 bits per heavy atom. The van der Waals surface area contributed by atoms with E-state index in [0.717, 1.165) is 25.6 Å². The molecule has 0 aliphatic heterocycles. The fraction of sp³-hybridized carbons (Fsp3) is 0.500. The zero-order valence-electron chi connectivity index (χ0n) is 9.84. The highest BCUT2D eigenvalue weighted by atomic mass is 79.9. The van der Waals surface area contributed by atoms with E-state index >= 15 is 0 Å². The van der Waals surface area contributed by atoms with Crippen LogP contribution in [0.5, 0.6) is 5.75 Å². The van der Waals surface area contributed by atoms with Gasteiger partial charge in [0, 0.05) is 10.5 Å². The van der Waals surface area contributed by atoms with Crippen molar-refractivity contribution in [3.63, 3.8) is 0 Å². The third kappa shape index (κ3) is 4.54. The lowest BCUT2D eigenvalue weighted by molar-refractivity contribution is 0.248. The summed E-state index contributed by atoms with van der Waals surface area (Å²) in [5.41, 5.74) is 6.04. The summed E-state index contributed by atoms with van der Waals surface area (Å²) < 4.78 is 8.59. The van der Waals surface area contributed by atoms with Crippen molar-refractivity contribution in [1.29, 1.82) is 0 Å². The monoisotopic (exact) mass is 427 g/mol. The first-order chi connectivity index (χ1) is 7.95. The molecule has 0 saturated heterocycles. The van der Waals surface area contributed by atoms with Crippen LogP contribution < -0.4 is 10.5 Å². The molecular formula is C12H16Br3NO. The van der Waals surface area contributed by atoms with Gasteiger partial charge in [0.1, 0.15) is 12.4 Å². The Balaban J connectivity index is 2.70. The minimum absolute atomic E-state index is 0.0578. The molecule has 0 radical (unpaired) electrons. The van der Waals surface area contributed by atoms with Crippen molar-refractivity contribution in [2.75, 3.05) is 6.61 Å². The van der Waals surface area contributed by atoms with Gasteiger partial charge < -0.3 is 10.5 Å². The van der Waals surface area contributed by atoms with Crippen molar-refractivity contribution in [3.8, 4) is 5.75 Å². The minimum Gasteiger partial charge on any atom is -0.490 e. The topological polar surface area (TPSA) is 35.2 Å². The molecule has 0 aliphatic rings. The van der Waals surface area contributed by atoms with Crippen LogP contribution in [0.3, 0.4) is 0 Å². The Kier molecular flexibility index (Phi) is 6.48. The van der Waals surface area contributed by atoms with Gasteiger partial charge in [0.2, 0.25) is 0 Å². The number of hydrogen-bond acceptors (Lipinski definition) is 2. The molecule has 1 aromatic rings. The largest absolute Gasteiger partial charge is 0.490 e. The van der Waals surface area contributed by atoms with Gasteiger partial charge in [-0.3, -0.25) is 0 Å². The predicted molar refractivity (Wildman–Crippen MR) is 82.5 cm³/mol. The maximum Gasteiger partial charge on any atom is 0.147 e. The molecule has 0 bridgehead atoms. The number of nitrogens with two attached hydrogens (primary N) is 1. The number of halogens is 3. The fourth-order valence-electron chi connectivity index (χ4n) is 1.31. The van der Waals surface area contributed by atoms with Crippen molar-refractivity contribution < 1.29 is 4.74 Å². The van der Waals surface area contributed by atoms with Gasteiger partial charge in [-0.1, -0.05) is 36.2 Å². The molecule has 1 rings (SSSR count). The van der Waals surface area contributed by atoms with Crippen LogP contribution in [0.1, 0.15) is 20.3 Å². The zero-order valence-corrected chi connectivity index (χ0v) is 14.6. The van der Waals surface area contributed by atoms with Gasteiger partial charge in [-0.25, -0.2) is 0 Å². The summed E-state index contributed by atoms with van der Waals surface area (Å²) in [7, 11) is 0. The molecule has 0 aromatic heterocycles. The quantitative estimate of drug-likeness (QED) is 0.734. The molecule has 0 fully saturated rings. The third-order valence-electron chi connectivity index (χ3n) is 2.76. The van der Waals surface area contributed by atoms with Crippen LogP contribution in [-0.2, 0) is 0 Å². The molecule has 2 unspecified atom stereocenters. The van der Waals surface area contributed by atoms with Crippen molar-refractivity contribution in [2.45, 2.75) is 26.3 Å². The lowest BCUT2D eigenvalue weighted by atomic mass is 10.0. The molecular weight excluding hydrogens is 414 g/mol. The first-order valence-electron chi connectivity index (χ1n) is 5.48. The lowest BCUT2D eigenvalue weighted by Gasteiger charge is -2.19. The van der Waals surface area contributed by atoms with Crippen LogP contribution in [0.25, 0.3) is 0 Å². The second kappa shape index (κ2) is 7.12. The SMILES string of the molecule is CCC(C)C(N)COc1c(Br)cc(Br)cc1Br. The molecule has 2 atom stereocenters. The molecule has 5 heteroatoms. The molecule has 1 aromatic carbocycles. The highest BCUT2D eigenvalue weighted by Gasteiger charge is 2.14. The normalized spacial score (nSPS) is 14.5. The van der Waals surface area contributed by atoms with Crippen molar-refractivity contribution >= 4 is 47.8 Å². The molecule has 2 nitrogen and oxygen atoms in total. The average Bonchev–Trinajstić information content (AvgIpc) is 2.26. The van der Waals surface area contributed by atoms with Gasteiger partial charge in [-0.15, -0.1) is 0 Å². The van der Waals surface area contributed by atoms with Gasteiger partial charge >= 0.3 is 0 Å². The van der Waals surface area contributed by atoms with Crippen LogP contribution in [0.2, 0.25) is 0 Å². The zero-order chi connectivity index (χ0) is 13.0. The first kappa shape index (κ1) is 15.5. The maximum atomic E-state index is 6.04. The Bertz CT molecular complexity index is 361. The van der Waals surface area contributed by atoms with Gasteiger partial charge in [0.05, 0.1) is 8.95 Å². The van der Waals surface area contributed by atoms with Crippen LogP contribution in [0.15, 0.2) is 25.6 Å². The van der Waals surface area contributed by atoms with E-state index in [1.54, 1.807) is 0 Å². The van der Waals surface area contributed by atoms with E-state index in [4.69, 9.17) is 10.5 Å².